The summed E-state index contributed by atoms with van der Waals surface area (Å²) in [5.41, 5.74) is 6.17. The van der Waals surface area contributed by atoms with Crippen molar-refractivity contribution in [3.8, 4) is 16.9 Å². The summed E-state index contributed by atoms with van der Waals surface area (Å²) < 4.78 is 6.68. The maximum atomic E-state index is 12.1. The van der Waals surface area contributed by atoms with Crippen molar-refractivity contribution >= 4 is 27.5 Å². The zero-order valence-corrected chi connectivity index (χ0v) is 16.4. The van der Waals surface area contributed by atoms with E-state index in [-0.39, 0.29) is 12.5 Å². The van der Waals surface area contributed by atoms with Gasteiger partial charge in [-0.25, -0.2) is 5.43 Å². The van der Waals surface area contributed by atoms with Gasteiger partial charge in [0.25, 0.3) is 5.91 Å². The number of nitrogens with zero attached hydrogens (tertiary/aromatic N) is 1. The highest BCUT2D eigenvalue weighted by Crippen LogP contribution is 2.29. The molecule has 0 aliphatic heterocycles. The molecule has 1 N–H and O–H groups in total. The van der Waals surface area contributed by atoms with Crippen LogP contribution >= 0.6 is 15.9 Å². The van der Waals surface area contributed by atoms with Crippen LogP contribution in [0.4, 0.5) is 0 Å². The molecule has 4 nitrogen and oxygen atoms in total. The molecule has 0 fully saturated rings. The van der Waals surface area contributed by atoms with Gasteiger partial charge in [-0.2, -0.15) is 5.10 Å². The lowest BCUT2D eigenvalue weighted by Crippen LogP contribution is -2.25. The Hall–Kier alpha value is -2.92. The molecule has 0 spiro atoms. The zero-order chi connectivity index (χ0) is 19.1. The molecule has 3 rings (SSSR count). The summed E-state index contributed by atoms with van der Waals surface area (Å²) in [5.74, 6) is 0.346. The second-order valence-electron chi connectivity index (χ2n) is 5.89. The summed E-state index contributed by atoms with van der Waals surface area (Å²) in [6.45, 7) is 1.73. The van der Waals surface area contributed by atoms with Gasteiger partial charge in [0.2, 0.25) is 0 Å². The SMILES string of the molecule is CC(=NNC(=O)COc1ccccc1-c1ccccc1)c1cccc(Br)c1. The third-order valence-corrected chi connectivity index (χ3v) is 4.41. The number of halogens is 1. The van der Waals surface area contributed by atoms with E-state index in [4.69, 9.17) is 4.74 Å². The highest BCUT2D eigenvalue weighted by atomic mass is 79.9. The van der Waals surface area contributed by atoms with E-state index >= 15 is 0 Å². The number of carbonyl (C=O) groups is 1. The van der Waals surface area contributed by atoms with E-state index in [0.717, 1.165) is 21.2 Å². The van der Waals surface area contributed by atoms with Crippen LogP contribution in [-0.2, 0) is 4.79 Å². The molecule has 0 aromatic heterocycles. The van der Waals surface area contributed by atoms with Crippen molar-refractivity contribution < 1.29 is 9.53 Å². The summed E-state index contributed by atoms with van der Waals surface area (Å²) in [7, 11) is 0. The van der Waals surface area contributed by atoms with Gasteiger partial charge in [-0.15, -0.1) is 0 Å². The Morgan fingerprint density at radius 3 is 2.52 bits per heavy atom. The first-order valence-corrected chi connectivity index (χ1v) is 9.29. The minimum absolute atomic E-state index is 0.112. The normalized spacial score (nSPS) is 11.1. The van der Waals surface area contributed by atoms with Crippen molar-refractivity contribution in [2.45, 2.75) is 6.92 Å². The predicted octanol–water partition coefficient (Wildman–Crippen LogP) is 5.04. The molecule has 5 heteroatoms. The van der Waals surface area contributed by atoms with E-state index in [1.165, 1.54) is 0 Å². The van der Waals surface area contributed by atoms with Crippen LogP contribution < -0.4 is 10.2 Å². The number of hydrogen-bond acceptors (Lipinski definition) is 3. The quantitative estimate of drug-likeness (QED) is 0.446. The van der Waals surface area contributed by atoms with Gasteiger partial charge < -0.3 is 4.74 Å². The number of hydrogen-bond donors (Lipinski definition) is 1. The summed E-state index contributed by atoms with van der Waals surface area (Å²) >= 11 is 3.42. The lowest BCUT2D eigenvalue weighted by atomic mass is 10.1. The number of nitrogens with one attached hydrogen (secondary N) is 1. The fraction of sp³-hybridized carbons (Fsp3) is 0.0909. The van der Waals surface area contributed by atoms with Gasteiger partial charge in [-0.1, -0.05) is 76.6 Å². The lowest BCUT2D eigenvalue weighted by molar-refractivity contribution is -0.123. The molecule has 0 heterocycles. The van der Waals surface area contributed by atoms with Crippen LogP contribution in [0.3, 0.4) is 0 Å². The molecule has 0 radical (unpaired) electrons. The predicted molar refractivity (Wildman–Crippen MR) is 112 cm³/mol. The molecule has 0 bridgehead atoms. The van der Waals surface area contributed by atoms with Gasteiger partial charge in [-0.3, -0.25) is 4.79 Å². The highest BCUT2D eigenvalue weighted by Gasteiger charge is 2.08. The monoisotopic (exact) mass is 422 g/mol. The average Bonchev–Trinajstić information content (AvgIpc) is 2.71. The maximum absolute atomic E-state index is 12.1. The molecule has 0 aliphatic carbocycles. The molecule has 0 saturated carbocycles. The summed E-state index contributed by atoms with van der Waals surface area (Å²) in [6, 6.07) is 25.3. The number of hydrazone groups is 1. The highest BCUT2D eigenvalue weighted by molar-refractivity contribution is 9.10. The first-order valence-electron chi connectivity index (χ1n) is 8.50. The van der Waals surface area contributed by atoms with Crippen LogP contribution in [-0.4, -0.2) is 18.2 Å². The zero-order valence-electron chi connectivity index (χ0n) is 14.9. The third-order valence-electron chi connectivity index (χ3n) is 3.92. The van der Waals surface area contributed by atoms with Crippen LogP contribution in [0, 0.1) is 0 Å². The van der Waals surface area contributed by atoms with E-state index in [9.17, 15) is 4.79 Å². The van der Waals surface area contributed by atoms with Gasteiger partial charge in [0.1, 0.15) is 5.75 Å². The second-order valence-corrected chi connectivity index (χ2v) is 6.81. The van der Waals surface area contributed by atoms with Crippen molar-refractivity contribution in [2.24, 2.45) is 5.10 Å². The Balaban J connectivity index is 1.63. The van der Waals surface area contributed by atoms with Crippen molar-refractivity contribution in [3.63, 3.8) is 0 Å². The van der Waals surface area contributed by atoms with Gasteiger partial charge >= 0.3 is 0 Å². The minimum atomic E-state index is -0.313. The molecule has 3 aromatic rings. The Morgan fingerprint density at radius 1 is 1.00 bits per heavy atom. The lowest BCUT2D eigenvalue weighted by Gasteiger charge is -2.11. The van der Waals surface area contributed by atoms with Crippen LogP contribution in [0.5, 0.6) is 5.75 Å². The van der Waals surface area contributed by atoms with Crippen LogP contribution in [0.15, 0.2) is 88.4 Å². The molecular formula is C22H19BrN2O2. The molecule has 0 unspecified atom stereocenters. The first-order chi connectivity index (χ1) is 13.1. The van der Waals surface area contributed by atoms with E-state index in [1.807, 2.05) is 85.8 Å². The smallest absolute Gasteiger partial charge is 0.277 e. The van der Waals surface area contributed by atoms with Crippen molar-refractivity contribution in [3.05, 3.63) is 88.9 Å². The van der Waals surface area contributed by atoms with E-state index in [1.54, 1.807) is 0 Å². The molecule has 1 amide bonds. The number of rotatable bonds is 6. The number of para-hydroxylation sites is 1. The van der Waals surface area contributed by atoms with Gasteiger partial charge in [0, 0.05) is 10.0 Å². The number of benzene rings is 3. The summed E-state index contributed by atoms with van der Waals surface area (Å²) in [5, 5.41) is 4.14. The minimum Gasteiger partial charge on any atom is -0.483 e. The molecule has 0 saturated heterocycles. The molecular weight excluding hydrogens is 404 g/mol. The molecule has 3 aromatic carbocycles. The standard InChI is InChI=1S/C22H19BrN2O2/c1-16(18-10-7-11-19(23)14-18)24-25-22(26)15-27-21-13-6-5-12-20(21)17-8-3-2-4-9-17/h2-14H,15H2,1H3,(H,25,26). The number of carbonyl (C=O) groups excluding carboxylic acids is 1. The first kappa shape index (κ1) is 18.9. The number of amides is 1. The maximum Gasteiger partial charge on any atom is 0.277 e. The van der Waals surface area contributed by atoms with Crippen molar-refractivity contribution in [1.29, 1.82) is 0 Å². The molecule has 0 aliphatic rings. The largest absolute Gasteiger partial charge is 0.483 e. The molecule has 27 heavy (non-hydrogen) atoms. The number of ether oxygens (including phenoxy) is 1. The van der Waals surface area contributed by atoms with Crippen molar-refractivity contribution in [1.82, 2.24) is 5.43 Å². The van der Waals surface area contributed by atoms with Crippen LogP contribution in [0.2, 0.25) is 0 Å². The second kappa shape index (κ2) is 9.14. The van der Waals surface area contributed by atoms with Crippen LogP contribution in [0.25, 0.3) is 11.1 Å². The van der Waals surface area contributed by atoms with Gasteiger partial charge in [0.15, 0.2) is 6.61 Å². The Morgan fingerprint density at radius 2 is 1.74 bits per heavy atom. The molecule has 136 valence electrons. The van der Waals surface area contributed by atoms with Crippen molar-refractivity contribution in [2.75, 3.05) is 6.61 Å². The molecule has 0 atom stereocenters. The van der Waals surface area contributed by atoms with E-state index in [0.29, 0.717) is 11.5 Å². The summed E-state index contributed by atoms with van der Waals surface area (Å²) in [6.07, 6.45) is 0. The van der Waals surface area contributed by atoms with E-state index in [2.05, 4.69) is 26.5 Å². The van der Waals surface area contributed by atoms with E-state index < -0.39 is 0 Å². The van der Waals surface area contributed by atoms with Crippen LogP contribution in [0.1, 0.15) is 12.5 Å². The fourth-order valence-corrected chi connectivity index (χ4v) is 2.95. The topological polar surface area (TPSA) is 50.7 Å². The third kappa shape index (κ3) is 5.28. The fourth-order valence-electron chi connectivity index (χ4n) is 2.55. The Bertz CT molecular complexity index is 955. The van der Waals surface area contributed by atoms with Gasteiger partial charge in [0.05, 0.1) is 5.71 Å². The van der Waals surface area contributed by atoms with Gasteiger partial charge in [-0.05, 0) is 36.2 Å². The Kier molecular flexibility index (Phi) is 6.39. The Labute approximate surface area is 167 Å². The summed E-state index contributed by atoms with van der Waals surface area (Å²) in [4.78, 5) is 12.1. The average molecular weight is 423 g/mol.